The second-order valence-electron chi connectivity index (χ2n) is 6.60. The summed E-state index contributed by atoms with van der Waals surface area (Å²) in [5.41, 5.74) is 2.70. The minimum Gasteiger partial charge on any atom is -0.493 e. The minimum atomic E-state index is 0.498. The molecule has 0 fully saturated rings. The molecule has 0 saturated carbocycles. The van der Waals surface area contributed by atoms with Crippen LogP contribution >= 0.6 is 11.8 Å². The van der Waals surface area contributed by atoms with E-state index in [1.807, 2.05) is 43.3 Å². The van der Waals surface area contributed by atoms with Crippen molar-refractivity contribution in [2.45, 2.75) is 18.6 Å². The molecule has 0 radical (unpaired) electrons. The lowest BCUT2D eigenvalue weighted by Crippen LogP contribution is -2.06. The van der Waals surface area contributed by atoms with E-state index in [4.69, 9.17) is 14.4 Å². The lowest BCUT2D eigenvalue weighted by atomic mass is 10.2. The summed E-state index contributed by atoms with van der Waals surface area (Å²) in [7, 11) is 0. The Morgan fingerprint density at radius 1 is 1.10 bits per heavy atom. The highest BCUT2D eigenvalue weighted by Crippen LogP contribution is 2.28. The van der Waals surface area contributed by atoms with Crippen molar-refractivity contribution in [1.29, 1.82) is 5.26 Å². The molecular weight excluding hydrogens is 396 g/mol. The third kappa shape index (κ3) is 4.56. The number of rotatable bonds is 8. The Morgan fingerprint density at radius 2 is 1.97 bits per heavy atom. The van der Waals surface area contributed by atoms with Crippen LogP contribution in [0.4, 0.5) is 0 Å². The van der Waals surface area contributed by atoms with Gasteiger partial charge in [0.15, 0.2) is 11.0 Å². The molecule has 0 aliphatic carbocycles. The number of aromatic nitrogens is 3. The Labute approximate surface area is 179 Å². The molecule has 30 heavy (non-hydrogen) atoms. The second-order valence-corrected chi connectivity index (χ2v) is 7.67. The molecule has 150 valence electrons. The third-order valence-corrected chi connectivity index (χ3v) is 5.48. The van der Waals surface area contributed by atoms with Gasteiger partial charge in [-0.1, -0.05) is 48.2 Å². The van der Waals surface area contributed by atoms with Crippen LogP contribution in [0.2, 0.25) is 0 Å². The first-order valence-electron chi connectivity index (χ1n) is 9.52. The van der Waals surface area contributed by atoms with Crippen molar-refractivity contribution < 1.29 is 9.15 Å². The van der Waals surface area contributed by atoms with E-state index in [-0.39, 0.29) is 0 Å². The Balaban J connectivity index is 1.49. The fraction of sp³-hybridized carbons (Fsp3) is 0.174. The zero-order chi connectivity index (χ0) is 20.8. The number of aryl methyl sites for hydroxylation is 1. The summed E-state index contributed by atoms with van der Waals surface area (Å²) in [6.45, 7) is 3.09. The molecule has 0 aliphatic rings. The highest BCUT2D eigenvalue weighted by molar-refractivity contribution is 7.99. The summed E-state index contributed by atoms with van der Waals surface area (Å²) in [5, 5.41) is 18.7. The van der Waals surface area contributed by atoms with Crippen LogP contribution in [0.3, 0.4) is 0 Å². The highest BCUT2D eigenvalue weighted by Gasteiger charge is 2.17. The molecule has 0 aliphatic heterocycles. The van der Waals surface area contributed by atoms with Gasteiger partial charge in [0.2, 0.25) is 0 Å². The Morgan fingerprint density at radius 3 is 2.73 bits per heavy atom. The van der Waals surface area contributed by atoms with E-state index in [9.17, 15) is 0 Å². The molecule has 0 N–H and O–H groups in total. The maximum absolute atomic E-state index is 9.00. The predicted octanol–water partition coefficient (Wildman–Crippen LogP) is 4.94. The second kappa shape index (κ2) is 9.33. The van der Waals surface area contributed by atoms with Crippen LogP contribution in [0.15, 0.2) is 76.5 Å². The number of ether oxygens (including phenoxy) is 1. The van der Waals surface area contributed by atoms with Crippen molar-refractivity contribution in [1.82, 2.24) is 14.8 Å². The van der Waals surface area contributed by atoms with Crippen molar-refractivity contribution in [2.75, 3.05) is 12.4 Å². The fourth-order valence-electron chi connectivity index (χ4n) is 3.07. The molecule has 0 amide bonds. The molecule has 0 atom stereocenters. The van der Waals surface area contributed by atoms with Crippen molar-refractivity contribution in [3.8, 4) is 23.2 Å². The van der Waals surface area contributed by atoms with Gasteiger partial charge in [-0.25, -0.2) is 0 Å². The molecule has 4 aromatic rings. The summed E-state index contributed by atoms with van der Waals surface area (Å²) in [6, 6.07) is 21.4. The van der Waals surface area contributed by atoms with Crippen LogP contribution in [-0.2, 0) is 6.54 Å². The van der Waals surface area contributed by atoms with E-state index in [1.165, 1.54) is 5.56 Å². The van der Waals surface area contributed by atoms with E-state index in [0.29, 0.717) is 30.2 Å². The average molecular weight is 417 g/mol. The van der Waals surface area contributed by atoms with E-state index in [0.717, 1.165) is 22.3 Å². The summed E-state index contributed by atoms with van der Waals surface area (Å²) >= 11 is 1.59. The van der Waals surface area contributed by atoms with Gasteiger partial charge in [0.1, 0.15) is 11.5 Å². The maximum Gasteiger partial charge on any atom is 0.191 e. The van der Waals surface area contributed by atoms with Gasteiger partial charge in [0, 0.05) is 5.75 Å². The van der Waals surface area contributed by atoms with Gasteiger partial charge < -0.3 is 9.15 Å². The summed E-state index contributed by atoms with van der Waals surface area (Å²) in [5.74, 6) is 2.99. The van der Waals surface area contributed by atoms with Crippen LogP contribution in [0.5, 0.6) is 5.75 Å². The molecule has 2 heterocycles. The quantitative estimate of drug-likeness (QED) is 0.299. The predicted molar refractivity (Wildman–Crippen MR) is 115 cm³/mol. The number of thioether (sulfide) groups is 1. The van der Waals surface area contributed by atoms with E-state index in [2.05, 4.69) is 33.0 Å². The largest absolute Gasteiger partial charge is 0.493 e. The maximum atomic E-state index is 9.00. The number of hydrogen-bond acceptors (Lipinski definition) is 6. The van der Waals surface area contributed by atoms with Crippen molar-refractivity contribution in [3.63, 3.8) is 0 Å². The van der Waals surface area contributed by atoms with Crippen molar-refractivity contribution in [2.24, 2.45) is 0 Å². The van der Waals surface area contributed by atoms with Crippen LogP contribution in [0.25, 0.3) is 11.4 Å². The van der Waals surface area contributed by atoms with Gasteiger partial charge in [-0.05, 0) is 36.8 Å². The Hall–Kier alpha value is -3.50. The zero-order valence-corrected chi connectivity index (χ0v) is 17.3. The minimum absolute atomic E-state index is 0.498. The first-order chi connectivity index (χ1) is 14.7. The molecule has 2 aromatic carbocycles. The van der Waals surface area contributed by atoms with Gasteiger partial charge in [0.25, 0.3) is 0 Å². The number of nitriles is 1. The average Bonchev–Trinajstić information content (AvgIpc) is 3.37. The van der Waals surface area contributed by atoms with E-state index in [1.54, 1.807) is 30.2 Å². The number of hydrogen-bond donors (Lipinski definition) is 0. The first kappa shape index (κ1) is 19.8. The molecular formula is C23H20N4O2S. The first-order valence-corrected chi connectivity index (χ1v) is 10.5. The van der Waals surface area contributed by atoms with Crippen LogP contribution in [0.1, 0.15) is 16.9 Å². The Bertz CT molecular complexity index is 1160. The summed E-state index contributed by atoms with van der Waals surface area (Å²) in [4.78, 5) is 0. The van der Waals surface area contributed by atoms with Crippen molar-refractivity contribution in [3.05, 3.63) is 83.8 Å². The van der Waals surface area contributed by atoms with Gasteiger partial charge in [-0.2, -0.15) is 5.26 Å². The lowest BCUT2D eigenvalue weighted by Gasteiger charge is -2.10. The Kier molecular flexibility index (Phi) is 6.16. The molecule has 0 spiro atoms. The molecule has 6 nitrogen and oxygen atoms in total. The van der Waals surface area contributed by atoms with E-state index >= 15 is 0 Å². The van der Waals surface area contributed by atoms with Crippen LogP contribution < -0.4 is 4.74 Å². The van der Waals surface area contributed by atoms with Gasteiger partial charge >= 0.3 is 0 Å². The number of nitrogens with zero attached hydrogens (tertiary/aromatic N) is 4. The summed E-state index contributed by atoms with van der Waals surface area (Å²) in [6.07, 6.45) is 1.67. The van der Waals surface area contributed by atoms with Gasteiger partial charge in [0.05, 0.1) is 36.6 Å². The molecule has 0 unspecified atom stereocenters. The van der Waals surface area contributed by atoms with Gasteiger partial charge in [-0.3, -0.25) is 4.57 Å². The van der Waals surface area contributed by atoms with Crippen LogP contribution in [-0.4, -0.2) is 27.1 Å². The number of furan rings is 1. The standard InChI is InChI=1S/C23H20N4O2S/c1-17-21(10-11-28-17)22-25-26-23(27(22)16-18-6-3-2-4-7-18)30-13-12-29-20-9-5-8-19(14-20)15-24/h2-11,14H,12-13,16H2,1H3. The van der Waals surface area contributed by atoms with Crippen LogP contribution in [0, 0.1) is 18.3 Å². The van der Waals surface area contributed by atoms with Gasteiger partial charge in [-0.15, -0.1) is 10.2 Å². The molecule has 0 bridgehead atoms. The van der Waals surface area contributed by atoms with E-state index < -0.39 is 0 Å². The molecule has 4 rings (SSSR count). The molecule has 7 heteroatoms. The number of benzene rings is 2. The normalized spacial score (nSPS) is 10.7. The lowest BCUT2D eigenvalue weighted by molar-refractivity contribution is 0.343. The van der Waals surface area contributed by atoms with Crippen molar-refractivity contribution >= 4 is 11.8 Å². The summed E-state index contributed by atoms with van der Waals surface area (Å²) < 4.78 is 13.4. The topological polar surface area (TPSA) is 76.9 Å². The monoisotopic (exact) mass is 416 g/mol. The zero-order valence-electron chi connectivity index (χ0n) is 16.5. The fourth-order valence-corrected chi connectivity index (χ4v) is 3.82. The third-order valence-electron chi connectivity index (χ3n) is 4.55. The molecule has 0 saturated heterocycles. The smallest absolute Gasteiger partial charge is 0.191 e. The molecule has 2 aromatic heterocycles. The highest BCUT2D eigenvalue weighted by atomic mass is 32.2. The SMILES string of the molecule is Cc1occc1-c1nnc(SCCOc2cccc(C#N)c2)n1Cc1ccccc1.